The van der Waals surface area contributed by atoms with Crippen molar-refractivity contribution in [2.75, 3.05) is 38.5 Å². The average Bonchev–Trinajstić information content (AvgIpc) is 2.71. The molecule has 2 fully saturated rings. The second kappa shape index (κ2) is 5.35. The fourth-order valence-corrected chi connectivity index (χ4v) is 3.31. The largest absolute Gasteiger partial charge is 0.377 e. The zero-order chi connectivity index (χ0) is 9.80. The third-order valence-electron chi connectivity index (χ3n) is 2.97. The highest BCUT2D eigenvalue weighted by molar-refractivity contribution is 8.00. The van der Waals surface area contributed by atoms with Crippen LogP contribution in [0.25, 0.3) is 0 Å². The van der Waals surface area contributed by atoms with Crippen LogP contribution in [0.3, 0.4) is 0 Å². The van der Waals surface area contributed by atoms with E-state index in [1.54, 1.807) is 0 Å². The minimum absolute atomic E-state index is 0.497. The number of rotatable bonds is 3. The van der Waals surface area contributed by atoms with E-state index in [0.717, 1.165) is 26.2 Å². The smallest absolute Gasteiger partial charge is 0.0702 e. The molecule has 2 atom stereocenters. The normalized spacial score (nSPS) is 34.9. The molecule has 4 heteroatoms. The highest BCUT2D eigenvalue weighted by Gasteiger charge is 2.23. The van der Waals surface area contributed by atoms with Gasteiger partial charge in [0.05, 0.1) is 6.10 Å². The molecule has 82 valence electrons. The molecule has 0 saturated carbocycles. The second-order valence-corrected chi connectivity index (χ2v) is 5.53. The Balaban J connectivity index is 1.73. The van der Waals surface area contributed by atoms with Crippen molar-refractivity contribution in [3.8, 4) is 0 Å². The van der Waals surface area contributed by atoms with Crippen LogP contribution >= 0.6 is 11.8 Å². The predicted octanol–water partition coefficient (Wildman–Crippen LogP) is 0.542. The minimum Gasteiger partial charge on any atom is -0.377 e. The van der Waals surface area contributed by atoms with Gasteiger partial charge in [0, 0.05) is 43.8 Å². The van der Waals surface area contributed by atoms with Gasteiger partial charge in [-0.2, -0.15) is 11.8 Å². The van der Waals surface area contributed by atoms with Crippen molar-refractivity contribution in [2.24, 2.45) is 5.73 Å². The molecule has 0 radical (unpaired) electrons. The van der Waals surface area contributed by atoms with Crippen LogP contribution in [0.4, 0.5) is 0 Å². The van der Waals surface area contributed by atoms with Gasteiger partial charge in [-0.3, -0.25) is 4.90 Å². The molecule has 0 bridgehead atoms. The zero-order valence-corrected chi connectivity index (χ0v) is 9.47. The maximum absolute atomic E-state index is 5.69. The van der Waals surface area contributed by atoms with Gasteiger partial charge in [0.25, 0.3) is 0 Å². The van der Waals surface area contributed by atoms with Gasteiger partial charge in [-0.15, -0.1) is 0 Å². The summed E-state index contributed by atoms with van der Waals surface area (Å²) in [6.45, 7) is 5.26. The highest BCUT2D eigenvalue weighted by atomic mass is 32.2. The zero-order valence-electron chi connectivity index (χ0n) is 8.65. The van der Waals surface area contributed by atoms with Crippen LogP contribution in [0.2, 0.25) is 0 Å². The van der Waals surface area contributed by atoms with E-state index in [9.17, 15) is 0 Å². The molecule has 2 aliphatic heterocycles. The van der Waals surface area contributed by atoms with Crippen molar-refractivity contribution in [3.63, 3.8) is 0 Å². The van der Waals surface area contributed by atoms with Gasteiger partial charge in [-0.25, -0.2) is 0 Å². The van der Waals surface area contributed by atoms with E-state index in [-0.39, 0.29) is 0 Å². The number of hydrogen-bond donors (Lipinski definition) is 1. The van der Waals surface area contributed by atoms with E-state index in [4.69, 9.17) is 10.5 Å². The van der Waals surface area contributed by atoms with Gasteiger partial charge in [-0.05, 0) is 12.8 Å². The molecule has 0 aromatic heterocycles. The van der Waals surface area contributed by atoms with Crippen molar-refractivity contribution < 1.29 is 4.74 Å². The Hall–Kier alpha value is 0.230. The van der Waals surface area contributed by atoms with E-state index in [2.05, 4.69) is 4.90 Å². The average molecular weight is 216 g/mol. The van der Waals surface area contributed by atoms with Crippen LogP contribution in [0.15, 0.2) is 0 Å². The fourth-order valence-electron chi connectivity index (χ4n) is 2.17. The lowest BCUT2D eigenvalue weighted by molar-refractivity contribution is 0.0744. The molecule has 0 aliphatic carbocycles. The number of ether oxygens (including phenoxy) is 1. The molecule has 2 saturated heterocycles. The first kappa shape index (κ1) is 10.7. The SMILES string of the molecule is NCC1CN(CC2CCCO2)CCS1. The number of nitrogens with zero attached hydrogens (tertiary/aromatic N) is 1. The van der Waals surface area contributed by atoms with Crippen LogP contribution < -0.4 is 5.73 Å². The quantitative estimate of drug-likeness (QED) is 0.747. The first-order valence-corrected chi connectivity index (χ1v) is 6.59. The summed E-state index contributed by atoms with van der Waals surface area (Å²) >= 11 is 2.02. The summed E-state index contributed by atoms with van der Waals surface area (Å²) in [5, 5.41) is 0.644. The second-order valence-electron chi connectivity index (χ2n) is 4.12. The molecule has 2 N–H and O–H groups in total. The van der Waals surface area contributed by atoms with Crippen LogP contribution in [0.5, 0.6) is 0 Å². The minimum atomic E-state index is 0.497. The van der Waals surface area contributed by atoms with Crippen molar-refractivity contribution in [2.45, 2.75) is 24.2 Å². The molecule has 3 nitrogen and oxygen atoms in total. The third-order valence-corrected chi connectivity index (χ3v) is 4.20. The van der Waals surface area contributed by atoms with E-state index in [0.29, 0.717) is 11.4 Å². The number of nitrogens with two attached hydrogens (primary N) is 1. The van der Waals surface area contributed by atoms with Crippen molar-refractivity contribution in [1.29, 1.82) is 0 Å². The lowest BCUT2D eigenvalue weighted by Crippen LogP contribution is -2.44. The molecule has 2 rings (SSSR count). The molecule has 0 spiro atoms. The molecule has 0 aromatic rings. The molecule has 0 aromatic carbocycles. The van der Waals surface area contributed by atoms with Crippen molar-refractivity contribution in [3.05, 3.63) is 0 Å². The number of thioether (sulfide) groups is 1. The standard InChI is InChI=1S/C10H20N2OS/c11-6-10-8-12(3-5-14-10)7-9-2-1-4-13-9/h9-10H,1-8,11H2. The van der Waals surface area contributed by atoms with E-state index < -0.39 is 0 Å². The first-order chi connectivity index (χ1) is 6.88. The van der Waals surface area contributed by atoms with E-state index >= 15 is 0 Å². The maximum atomic E-state index is 5.69. The van der Waals surface area contributed by atoms with Gasteiger partial charge in [-0.1, -0.05) is 0 Å². The van der Waals surface area contributed by atoms with Gasteiger partial charge in [0.1, 0.15) is 0 Å². The van der Waals surface area contributed by atoms with Crippen molar-refractivity contribution in [1.82, 2.24) is 4.90 Å². The summed E-state index contributed by atoms with van der Waals surface area (Å²) in [5.74, 6) is 1.23. The molecular weight excluding hydrogens is 196 g/mol. The van der Waals surface area contributed by atoms with Crippen molar-refractivity contribution >= 4 is 11.8 Å². The van der Waals surface area contributed by atoms with Crippen LogP contribution in [0, 0.1) is 0 Å². The summed E-state index contributed by atoms with van der Waals surface area (Å²) in [6, 6.07) is 0. The summed E-state index contributed by atoms with van der Waals surface area (Å²) < 4.78 is 5.64. The summed E-state index contributed by atoms with van der Waals surface area (Å²) in [6.07, 6.45) is 2.99. The Morgan fingerprint density at radius 3 is 3.14 bits per heavy atom. The van der Waals surface area contributed by atoms with E-state index in [1.165, 1.54) is 25.1 Å². The van der Waals surface area contributed by atoms with Gasteiger partial charge in [0.15, 0.2) is 0 Å². The summed E-state index contributed by atoms with van der Waals surface area (Å²) in [7, 11) is 0. The summed E-state index contributed by atoms with van der Waals surface area (Å²) in [4.78, 5) is 2.52. The van der Waals surface area contributed by atoms with Gasteiger partial charge < -0.3 is 10.5 Å². The van der Waals surface area contributed by atoms with Gasteiger partial charge in [0.2, 0.25) is 0 Å². The Morgan fingerprint density at radius 1 is 1.50 bits per heavy atom. The van der Waals surface area contributed by atoms with Crippen LogP contribution in [0.1, 0.15) is 12.8 Å². The van der Waals surface area contributed by atoms with Gasteiger partial charge >= 0.3 is 0 Å². The molecule has 2 heterocycles. The van der Waals surface area contributed by atoms with E-state index in [1.807, 2.05) is 11.8 Å². The number of hydrogen-bond acceptors (Lipinski definition) is 4. The molecule has 0 amide bonds. The third kappa shape index (κ3) is 2.86. The summed E-state index contributed by atoms with van der Waals surface area (Å²) in [5.41, 5.74) is 5.69. The molecule has 2 aliphatic rings. The van der Waals surface area contributed by atoms with Crippen LogP contribution in [-0.4, -0.2) is 54.8 Å². The Labute approximate surface area is 90.3 Å². The molecule has 14 heavy (non-hydrogen) atoms. The lowest BCUT2D eigenvalue weighted by Gasteiger charge is -2.33. The van der Waals surface area contributed by atoms with Crippen LogP contribution in [-0.2, 0) is 4.74 Å². The molecular formula is C10H20N2OS. The lowest BCUT2D eigenvalue weighted by atomic mass is 10.2. The Bertz CT molecular complexity index is 174. The monoisotopic (exact) mass is 216 g/mol. The topological polar surface area (TPSA) is 38.5 Å². The molecule has 2 unspecified atom stereocenters. The predicted molar refractivity (Wildman–Crippen MR) is 60.7 cm³/mol. The fraction of sp³-hybridized carbons (Fsp3) is 1.00. The Kier molecular flexibility index (Phi) is 4.10. The highest BCUT2D eigenvalue weighted by Crippen LogP contribution is 2.20. The maximum Gasteiger partial charge on any atom is 0.0702 e. The first-order valence-electron chi connectivity index (χ1n) is 5.54. The Morgan fingerprint density at radius 2 is 2.43 bits per heavy atom.